The third kappa shape index (κ3) is 5.14. The van der Waals surface area contributed by atoms with Crippen molar-refractivity contribution in [2.75, 3.05) is 40.3 Å². The Hall–Kier alpha value is -0.610. The molecule has 1 aliphatic heterocycles. The van der Waals surface area contributed by atoms with E-state index in [1.54, 1.807) is 0 Å². The molecule has 1 rings (SSSR count). The lowest BCUT2D eigenvalue weighted by Crippen LogP contribution is -2.39. The normalized spacial score (nSPS) is 22.7. The van der Waals surface area contributed by atoms with Crippen molar-refractivity contribution in [1.82, 2.24) is 15.5 Å². The van der Waals surface area contributed by atoms with Gasteiger partial charge in [0.2, 0.25) is 5.91 Å². The van der Waals surface area contributed by atoms with E-state index in [0.717, 1.165) is 19.6 Å². The summed E-state index contributed by atoms with van der Waals surface area (Å²) in [6.07, 6.45) is 3.09. The summed E-state index contributed by atoms with van der Waals surface area (Å²) in [7, 11) is 4.01. The Bertz CT molecular complexity index is 196. The molecule has 1 atom stereocenters. The molecule has 0 aromatic heterocycles. The van der Waals surface area contributed by atoms with Crippen LogP contribution in [0.3, 0.4) is 0 Å². The Morgan fingerprint density at radius 1 is 1.53 bits per heavy atom. The van der Waals surface area contributed by atoms with Gasteiger partial charge in [0.05, 0.1) is 0 Å². The van der Waals surface area contributed by atoms with Gasteiger partial charge in [-0.1, -0.05) is 0 Å². The zero-order chi connectivity index (χ0) is 11.1. The SMILES string of the molecule is CNCCC(=O)NCC1CCCN(C)C1. The monoisotopic (exact) mass is 213 g/mol. The van der Waals surface area contributed by atoms with Crippen LogP contribution in [0, 0.1) is 5.92 Å². The molecular weight excluding hydrogens is 190 g/mol. The van der Waals surface area contributed by atoms with E-state index in [-0.39, 0.29) is 5.91 Å². The third-order valence-electron chi connectivity index (χ3n) is 2.91. The molecule has 2 N–H and O–H groups in total. The quantitative estimate of drug-likeness (QED) is 0.678. The molecular formula is C11H23N3O. The molecule has 0 saturated carbocycles. The van der Waals surface area contributed by atoms with Gasteiger partial charge in [0.1, 0.15) is 0 Å². The van der Waals surface area contributed by atoms with E-state index in [9.17, 15) is 4.79 Å². The fraction of sp³-hybridized carbons (Fsp3) is 0.909. The molecule has 1 heterocycles. The number of hydrogen-bond donors (Lipinski definition) is 2. The Morgan fingerprint density at radius 2 is 2.33 bits per heavy atom. The van der Waals surface area contributed by atoms with Gasteiger partial charge < -0.3 is 15.5 Å². The van der Waals surface area contributed by atoms with Crippen molar-refractivity contribution in [2.24, 2.45) is 5.92 Å². The molecule has 0 aliphatic carbocycles. The van der Waals surface area contributed by atoms with E-state index in [4.69, 9.17) is 0 Å². The molecule has 1 amide bonds. The summed E-state index contributed by atoms with van der Waals surface area (Å²) in [5, 5.41) is 5.98. The van der Waals surface area contributed by atoms with Gasteiger partial charge in [-0.2, -0.15) is 0 Å². The van der Waals surface area contributed by atoms with Crippen molar-refractivity contribution in [3.63, 3.8) is 0 Å². The molecule has 1 unspecified atom stereocenters. The average molecular weight is 213 g/mol. The minimum Gasteiger partial charge on any atom is -0.356 e. The highest BCUT2D eigenvalue weighted by Gasteiger charge is 2.17. The maximum Gasteiger partial charge on any atom is 0.221 e. The Labute approximate surface area is 92.4 Å². The second kappa shape index (κ2) is 6.80. The third-order valence-corrected chi connectivity index (χ3v) is 2.91. The summed E-state index contributed by atoms with van der Waals surface area (Å²) >= 11 is 0. The highest BCUT2D eigenvalue weighted by molar-refractivity contribution is 5.76. The van der Waals surface area contributed by atoms with Crippen molar-refractivity contribution in [3.8, 4) is 0 Å². The fourth-order valence-corrected chi connectivity index (χ4v) is 2.02. The van der Waals surface area contributed by atoms with Crippen molar-refractivity contribution in [3.05, 3.63) is 0 Å². The first-order valence-corrected chi connectivity index (χ1v) is 5.82. The number of carbonyl (C=O) groups excluding carboxylic acids is 1. The molecule has 1 aliphatic rings. The van der Waals surface area contributed by atoms with Crippen LogP contribution >= 0.6 is 0 Å². The second-order valence-corrected chi connectivity index (χ2v) is 4.43. The first-order valence-electron chi connectivity index (χ1n) is 5.82. The molecule has 88 valence electrons. The van der Waals surface area contributed by atoms with Gasteiger partial charge in [0, 0.05) is 26.1 Å². The van der Waals surface area contributed by atoms with Crippen LogP contribution in [0.1, 0.15) is 19.3 Å². The lowest BCUT2D eigenvalue weighted by Gasteiger charge is -2.29. The number of likely N-dealkylation sites (tertiary alicyclic amines) is 1. The molecule has 4 nitrogen and oxygen atoms in total. The predicted octanol–water partition coefficient (Wildman–Crippen LogP) is 0.0539. The van der Waals surface area contributed by atoms with E-state index >= 15 is 0 Å². The summed E-state index contributed by atoms with van der Waals surface area (Å²) in [6.45, 7) is 3.92. The summed E-state index contributed by atoms with van der Waals surface area (Å²) in [4.78, 5) is 13.7. The van der Waals surface area contributed by atoms with Crippen LogP contribution in [0.15, 0.2) is 0 Å². The highest BCUT2D eigenvalue weighted by atomic mass is 16.1. The number of piperidine rings is 1. The highest BCUT2D eigenvalue weighted by Crippen LogP contribution is 2.13. The number of carbonyl (C=O) groups is 1. The summed E-state index contributed by atoms with van der Waals surface area (Å²) in [6, 6.07) is 0. The van der Waals surface area contributed by atoms with Gasteiger partial charge in [0.15, 0.2) is 0 Å². The number of amides is 1. The molecule has 0 aromatic rings. The molecule has 15 heavy (non-hydrogen) atoms. The van der Waals surface area contributed by atoms with E-state index < -0.39 is 0 Å². The van der Waals surface area contributed by atoms with Crippen LogP contribution in [0.4, 0.5) is 0 Å². The van der Waals surface area contributed by atoms with Crippen LogP contribution in [-0.2, 0) is 4.79 Å². The molecule has 0 aromatic carbocycles. The summed E-state index contributed by atoms with van der Waals surface area (Å²) < 4.78 is 0. The van der Waals surface area contributed by atoms with Crippen molar-refractivity contribution >= 4 is 5.91 Å². The lowest BCUT2D eigenvalue weighted by molar-refractivity contribution is -0.121. The van der Waals surface area contributed by atoms with Gasteiger partial charge in [0.25, 0.3) is 0 Å². The second-order valence-electron chi connectivity index (χ2n) is 4.43. The number of rotatable bonds is 5. The van der Waals surface area contributed by atoms with Crippen molar-refractivity contribution in [2.45, 2.75) is 19.3 Å². The van der Waals surface area contributed by atoms with E-state index in [0.29, 0.717) is 12.3 Å². The van der Waals surface area contributed by atoms with Gasteiger partial charge >= 0.3 is 0 Å². The lowest BCUT2D eigenvalue weighted by atomic mass is 9.98. The minimum atomic E-state index is 0.164. The number of hydrogen-bond acceptors (Lipinski definition) is 3. The van der Waals surface area contributed by atoms with E-state index in [1.165, 1.54) is 19.4 Å². The zero-order valence-corrected chi connectivity index (χ0v) is 9.88. The molecule has 0 spiro atoms. The fourth-order valence-electron chi connectivity index (χ4n) is 2.02. The predicted molar refractivity (Wildman–Crippen MR) is 61.8 cm³/mol. The Kier molecular flexibility index (Phi) is 5.65. The van der Waals surface area contributed by atoms with Gasteiger partial charge in [-0.15, -0.1) is 0 Å². The first kappa shape index (κ1) is 12.5. The summed E-state index contributed by atoms with van der Waals surface area (Å²) in [5.41, 5.74) is 0. The smallest absolute Gasteiger partial charge is 0.221 e. The van der Waals surface area contributed by atoms with E-state index in [2.05, 4.69) is 22.6 Å². The van der Waals surface area contributed by atoms with Crippen molar-refractivity contribution < 1.29 is 4.79 Å². The number of nitrogens with zero attached hydrogens (tertiary/aromatic N) is 1. The van der Waals surface area contributed by atoms with Crippen LogP contribution in [0.5, 0.6) is 0 Å². The summed E-state index contributed by atoms with van der Waals surface area (Å²) in [5.74, 6) is 0.805. The van der Waals surface area contributed by atoms with Crippen LogP contribution < -0.4 is 10.6 Å². The molecule has 0 bridgehead atoms. The maximum absolute atomic E-state index is 11.4. The Morgan fingerprint density at radius 3 is 3.00 bits per heavy atom. The van der Waals surface area contributed by atoms with Gasteiger partial charge in [-0.3, -0.25) is 4.79 Å². The number of nitrogens with one attached hydrogen (secondary N) is 2. The van der Waals surface area contributed by atoms with E-state index in [1.807, 2.05) is 7.05 Å². The standard InChI is InChI=1S/C11H23N3O/c1-12-6-5-11(15)13-8-10-4-3-7-14(2)9-10/h10,12H,3-9H2,1-2H3,(H,13,15). The van der Waals surface area contributed by atoms with Crippen LogP contribution in [0.25, 0.3) is 0 Å². The molecule has 4 heteroatoms. The zero-order valence-electron chi connectivity index (χ0n) is 9.88. The largest absolute Gasteiger partial charge is 0.356 e. The topological polar surface area (TPSA) is 44.4 Å². The van der Waals surface area contributed by atoms with Crippen LogP contribution in [-0.4, -0.2) is 51.1 Å². The molecule has 1 fully saturated rings. The minimum absolute atomic E-state index is 0.164. The average Bonchev–Trinajstić information content (AvgIpc) is 2.23. The first-order chi connectivity index (χ1) is 7.22. The van der Waals surface area contributed by atoms with Crippen LogP contribution in [0.2, 0.25) is 0 Å². The Balaban J connectivity index is 2.10. The van der Waals surface area contributed by atoms with Gasteiger partial charge in [-0.25, -0.2) is 0 Å². The molecule has 1 saturated heterocycles. The maximum atomic E-state index is 11.4. The molecule has 0 radical (unpaired) electrons. The van der Waals surface area contributed by atoms with Gasteiger partial charge in [-0.05, 0) is 39.4 Å². The van der Waals surface area contributed by atoms with Crippen molar-refractivity contribution in [1.29, 1.82) is 0 Å².